The van der Waals surface area contributed by atoms with E-state index in [0.717, 1.165) is 19.3 Å². The third-order valence-corrected chi connectivity index (χ3v) is 4.38. The summed E-state index contributed by atoms with van der Waals surface area (Å²) in [7, 11) is 0. The summed E-state index contributed by atoms with van der Waals surface area (Å²) < 4.78 is 10.4. The van der Waals surface area contributed by atoms with E-state index >= 15 is 0 Å². The molecule has 1 saturated heterocycles. The number of amides is 2. The van der Waals surface area contributed by atoms with Crippen LogP contribution in [-0.2, 0) is 19.1 Å². The molecule has 1 heterocycles. The Bertz CT molecular complexity index is 500. The normalized spacial score (nSPS) is 26.5. The summed E-state index contributed by atoms with van der Waals surface area (Å²) in [4.78, 5) is 38.0. The van der Waals surface area contributed by atoms with E-state index in [2.05, 4.69) is 5.32 Å². The number of likely N-dealkylation sites (tertiary alicyclic amines) is 1. The minimum absolute atomic E-state index is 0.211. The van der Waals surface area contributed by atoms with Crippen molar-refractivity contribution < 1.29 is 23.9 Å². The highest BCUT2D eigenvalue weighted by Crippen LogP contribution is 2.28. The van der Waals surface area contributed by atoms with Gasteiger partial charge in [0, 0.05) is 12.6 Å². The number of nitrogens with zero attached hydrogens (tertiary/aromatic N) is 1. The molecule has 0 aromatic heterocycles. The average Bonchev–Trinajstić information content (AvgIpc) is 2.83. The van der Waals surface area contributed by atoms with Gasteiger partial charge in [-0.2, -0.15) is 0 Å². The van der Waals surface area contributed by atoms with Gasteiger partial charge in [0.05, 0.1) is 12.5 Å². The van der Waals surface area contributed by atoms with Gasteiger partial charge in [0.2, 0.25) is 5.91 Å². The van der Waals surface area contributed by atoms with Crippen LogP contribution in [0.25, 0.3) is 0 Å². The fourth-order valence-electron chi connectivity index (χ4n) is 3.14. The fraction of sp³-hybridized carbons (Fsp3) is 0.824. The van der Waals surface area contributed by atoms with Crippen LogP contribution in [0.2, 0.25) is 0 Å². The van der Waals surface area contributed by atoms with Crippen LogP contribution in [0.5, 0.6) is 0 Å². The van der Waals surface area contributed by atoms with E-state index in [9.17, 15) is 14.4 Å². The minimum Gasteiger partial charge on any atom is -0.466 e. The zero-order chi connectivity index (χ0) is 17.9. The van der Waals surface area contributed by atoms with Gasteiger partial charge in [-0.15, -0.1) is 0 Å². The minimum atomic E-state index is -0.589. The topological polar surface area (TPSA) is 84.9 Å². The Balaban J connectivity index is 1.90. The van der Waals surface area contributed by atoms with E-state index in [4.69, 9.17) is 9.47 Å². The highest BCUT2D eigenvalue weighted by atomic mass is 16.6. The third kappa shape index (κ3) is 4.39. The standard InChI is InChI=1S/C17H28N2O5/c1-5-23-15(21)11-7-6-8-12(11)18-14(20)13-9-10-19(13)16(22)24-17(2,3)4/h11-13H,5-10H2,1-4H3,(H,18,20)/t11-,12+,13-/m1/s1. The van der Waals surface area contributed by atoms with Crippen LogP contribution >= 0.6 is 0 Å². The van der Waals surface area contributed by atoms with E-state index in [1.165, 1.54) is 4.90 Å². The van der Waals surface area contributed by atoms with Gasteiger partial charge in [0.15, 0.2) is 0 Å². The van der Waals surface area contributed by atoms with Gasteiger partial charge in [0.1, 0.15) is 11.6 Å². The number of hydrogen-bond donors (Lipinski definition) is 1. The highest BCUT2D eigenvalue weighted by Gasteiger charge is 2.42. The first-order valence-electron chi connectivity index (χ1n) is 8.69. The van der Waals surface area contributed by atoms with E-state index in [1.54, 1.807) is 27.7 Å². The van der Waals surface area contributed by atoms with Gasteiger partial charge in [-0.3, -0.25) is 14.5 Å². The molecular formula is C17H28N2O5. The van der Waals surface area contributed by atoms with Gasteiger partial charge in [-0.05, 0) is 47.0 Å². The molecule has 136 valence electrons. The molecule has 7 heteroatoms. The van der Waals surface area contributed by atoms with Gasteiger partial charge < -0.3 is 14.8 Å². The van der Waals surface area contributed by atoms with Crippen LogP contribution in [0.15, 0.2) is 0 Å². The molecule has 0 radical (unpaired) electrons. The lowest BCUT2D eigenvalue weighted by Gasteiger charge is -2.40. The molecule has 0 aromatic rings. The quantitative estimate of drug-likeness (QED) is 0.790. The van der Waals surface area contributed by atoms with Crippen molar-refractivity contribution in [1.82, 2.24) is 10.2 Å². The van der Waals surface area contributed by atoms with Crippen LogP contribution in [-0.4, -0.2) is 53.7 Å². The molecule has 0 unspecified atom stereocenters. The Kier molecular flexibility index (Phi) is 5.72. The highest BCUT2D eigenvalue weighted by molar-refractivity contribution is 5.88. The van der Waals surface area contributed by atoms with Crippen molar-refractivity contribution in [2.24, 2.45) is 5.92 Å². The molecule has 0 bridgehead atoms. The van der Waals surface area contributed by atoms with Crippen molar-refractivity contribution >= 4 is 18.0 Å². The SMILES string of the molecule is CCOC(=O)[C@@H]1CCC[C@@H]1NC(=O)[C@H]1CCN1C(=O)OC(C)(C)C. The Morgan fingerprint density at radius 3 is 2.42 bits per heavy atom. The van der Waals surface area contributed by atoms with E-state index in [-0.39, 0.29) is 23.8 Å². The van der Waals surface area contributed by atoms with Crippen LogP contribution in [0.4, 0.5) is 4.79 Å². The second-order valence-electron chi connectivity index (χ2n) is 7.38. The molecule has 0 aromatic carbocycles. The predicted octanol–water partition coefficient (Wildman–Crippen LogP) is 1.84. The molecule has 24 heavy (non-hydrogen) atoms. The lowest BCUT2D eigenvalue weighted by molar-refractivity contribution is -0.148. The summed E-state index contributed by atoms with van der Waals surface area (Å²) in [6.07, 6.45) is 2.51. The molecule has 2 amide bonds. The first-order valence-corrected chi connectivity index (χ1v) is 8.69. The van der Waals surface area contributed by atoms with Crippen LogP contribution in [0.3, 0.4) is 0 Å². The Labute approximate surface area is 143 Å². The summed E-state index contributed by atoms with van der Waals surface area (Å²) in [6.45, 7) is 8.00. The maximum Gasteiger partial charge on any atom is 0.410 e. The van der Waals surface area contributed by atoms with E-state index < -0.39 is 17.7 Å². The van der Waals surface area contributed by atoms with E-state index in [0.29, 0.717) is 19.6 Å². The molecule has 3 atom stereocenters. The zero-order valence-electron chi connectivity index (χ0n) is 15.0. The molecule has 2 rings (SSSR count). The lowest BCUT2D eigenvalue weighted by atomic mass is 10.00. The predicted molar refractivity (Wildman–Crippen MR) is 87.2 cm³/mol. The van der Waals surface area contributed by atoms with Crippen LogP contribution in [0.1, 0.15) is 53.4 Å². The average molecular weight is 340 g/mol. The first kappa shape index (κ1) is 18.5. The van der Waals surface area contributed by atoms with Crippen LogP contribution < -0.4 is 5.32 Å². The molecule has 1 saturated carbocycles. The van der Waals surface area contributed by atoms with Crippen molar-refractivity contribution in [2.75, 3.05) is 13.2 Å². The summed E-state index contributed by atoms with van der Waals surface area (Å²) in [6, 6.07) is -0.721. The number of ether oxygens (including phenoxy) is 2. The van der Waals surface area contributed by atoms with Crippen molar-refractivity contribution in [3.05, 3.63) is 0 Å². The van der Waals surface area contributed by atoms with Gasteiger partial charge in [0.25, 0.3) is 0 Å². The molecule has 2 aliphatic rings. The van der Waals surface area contributed by atoms with Gasteiger partial charge in [-0.1, -0.05) is 6.42 Å². The number of carbonyl (C=O) groups is 3. The van der Waals surface area contributed by atoms with Crippen molar-refractivity contribution in [2.45, 2.75) is 71.1 Å². The lowest BCUT2D eigenvalue weighted by Crippen LogP contribution is -2.60. The number of carbonyl (C=O) groups excluding carboxylic acids is 3. The molecule has 1 N–H and O–H groups in total. The second-order valence-corrected chi connectivity index (χ2v) is 7.38. The number of hydrogen-bond acceptors (Lipinski definition) is 5. The van der Waals surface area contributed by atoms with Crippen LogP contribution in [0, 0.1) is 5.92 Å². The molecule has 0 spiro atoms. The second kappa shape index (κ2) is 7.40. The number of nitrogens with one attached hydrogen (secondary N) is 1. The summed E-state index contributed by atoms with van der Waals surface area (Å²) in [5.41, 5.74) is -0.589. The van der Waals surface area contributed by atoms with Crippen molar-refractivity contribution in [1.29, 1.82) is 0 Å². The maximum absolute atomic E-state index is 12.5. The van der Waals surface area contributed by atoms with Gasteiger partial charge >= 0.3 is 12.1 Å². The Morgan fingerprint density at radius 1 is 1.17 bits per heavy atom. The Hall–Kier alpha value is -1.79. The zero-order valence-corrected chi connectivity index (χ0v) is 15.0. The molecule has 7 nitrogen and oxygen atoms in total. The molecule has 1 aliphatic heterocycles. The maximum atomic E-state index is 12.5. The monoisotopic (exact) mass is 340 g/mol. The molecule has 1 aliphatic carbocycles. The number of esters is 1. The number of rotatable bonds is 4. The first-order chi connectivity index (χ1) is 11.2. The smallest absolute Gasteiger partial charge is 0.410 e. The Morgan fingerprint density at radius 2 is 1.88 bits per heavy atom. The fourth-order valence-corrected chi connectivity index (χ4v) is 3.14. The largest absolute Gasteiger partial charge is 0.466 e. The molecule has 2 fully saturated rings. The third-order valence-electron chi connectivity index (χ3n) is 4.38. The summed E-state index contributed by atoms with van der Waals surface area (Å²) in [5.74, 6) is -0.754. The summed E-state index contributed by atoms with van der Waals surface area (Å²) >= 11 is 0. The van der Waals surface area contributed by atoms with Crippen molar-refractivity contribution in [3.8, 4) is 0 Å². The summed E-state index contributed by atoms with van der Waals surface area (Å²) in [5, 5.41) is 2.93. The van der Waals surface area contributed by atoms with E-state index in [1.807, 2.05) is 0 Å². The van der Waals surface area contributed by atoms with Gasteiger partial charge in [-0.25, -0.2) is 4.79 Å². The van der Waals surface area contributed by atoms with Crippen molar-refractivity contribution in [3.63, 3.8) is 0 Å². The molecular weight excluding hydrogens is 312 g/mol.